The van der Waals surface area contributed by atoms with Crippen LogP contribution in [0.25, 0.3) is 0 Å². The number of primary amides is 1. The van der Waals surface area contributed by atoms with Crippen LogP contribution < -0.4 is 5.73 Å². The van der Waals surface area contributed by atoms with E-state index in [2.05, 4.69) is 4.98 Å². The molecule has 1 amide bonds. The number of pyridine rings is 1. The smallest absolute Gasteiger partial charge is 0.250 e. The fraction of sp³-hybridized carbons (Fsp3) is 0.400. The molecule has 0 atom stereocenters. The summed E-state index contributed by atoms with van der Waals surface area (Å²) < 4.78 is 38.6. The van der Waals surface area contributed by atoms with Crippen molar-refractivity contribution in [1.82, 2.24) is 4.98 Å². The normalized spacial score (nSPS) is 19.2. The second-order valence-electron chi connectivity index (χ2n) is 3.92. The Morgan fingerprint density at radius 2 is 2.12 bits per heavy atom. The van der Waals surface area contributed by atoms with Crippen LogP contribution in [-0.2, 0) is 0 Å². The van der Waals surface area contributed by atoms with Crippen molar-refractivity contribution in [2.75, 3.05) is 0 Å². The van der Waals surface area contributed by atoms with E-state index in [1.165, 1.54) is 0 Å². The summed E-state index contributed by atoms with van der Waals surface area (Å²) in [5.41, 5.74) is 4.85. The molecule has 3 nitrogen and oxygen atoms in total. The number of nitrogens with zero attached hydrogens (tertiary/aromatic N) is 1. The Kier molecular flexibility index (Phi) is 2.36. The molecule has 0 saturated heterocycles. The maximum atomic E-state index is 13.4. The molecule has 16 heavy (non-hydrogen) atoms. The molecule has 1 aliphatic carbocycles. The van der Waals surface area contributed by atoms with E-state index in [0.717, 1.165) is 12.3 Å². The molecule has 6 heteroatoms. The van der Waals surface area contributed by atoms with Gasteiger partial charge in [0.1, 0.15) is 5.82 Å². The van der Waals surface area contributed by atoms with Gasteiger partial charge in [-0.25, -0.2) is 13.2 Å². The first-order valence-corrected chi connectivity index (χ1v) is 4.72. The Morgan fingerprint density at radius 1 is 1.50 bits per heavy atom. The van der Waals surface area contributed by atoms with Crippen LogP contribution in [0.15, 0.2) is 12.3 Å². The Balaban J connectivity index is 2.21. The van der Waals surface area contributed by atoms with E-state index in [1.54, 1.807) is 0 Å². The number of carbonyl (C=O) groups is 1. The van der Waals surface area contributed by atoms with Crippen LogP contribution in [0.1, 0.15) is 34.8 Å². The predicted octanol–water partition coefficient (Wildman–Crippen LogP) is 1.83. The van der Waals surface area contributed by atoms with Gasteiger partial charge in [-0.2, -0.15) is 0 Å². The molecule has 1 saturated carbocycles. The number of hydrogen-bond donors (Lipinski definition) is 1. The number of halogens is 3. The second-order valence-corrected chi connectivity index (χ2v) is 3.92. The van der Waals surface area contributed by atoms with Gasteiger partial charge >= 0.3 is 0 Å². The Morgan fingerprint density at radius 3 is 2.56 bits per heavy atom. The number of hydrogen-bond acceptors (Lipinski definition) is 2. The highest BCUT2D eigenvalue weighted by atomic mass is 19.3. The number of carbonyl (C=O) groups excluding carboxylic acids is 1. The maximum Gasteiger partial charge on any atom is 0.250 e. The van der Waals surface area contributed by atoms with E-state index in [9.17, 15) is 18.0 Å². The molecule has 0 unspecified atom stereocenters. The minimum atomic E-state index is -2.72. The van der Waals surface area contributed by atoms with E-state index < -0.39 is 36.4 Å². The first kappa shape index (κ1) is 10.9. The predicted molar refractivity (Wildman–Crippen MR) is 49.6 cm³/mol. The summed E-state index contributed by atoms with van der Waals surface area (Å²) in [6.07, 6.45) is 0.316. The molecule has 2 N–H and O–H groups in total. The van der Waals surface area contributed by atoms with Gasteiger partial charge in [-0.1, -0.05) is 0 Å². The summed E-state index contributed by atoms with van der Waals surface area (Å²) in [6, 6.07) is 0.932. The van der Waals surface area contributed by atoms with Gasteiger partial charge in [0.2, 0.25) is 11.8 Å². The highest BCUT2D eigenvalue weighted by molar-refractivity contribution is 5.92. The topological polar surface area (TPSA) is 56.0 Å². The summed E-state index contributed by atoms with van der Waals surface area (Å²) in [6.45, 7) is 0. The van der Waals surface area contributed by atoms with Crippen LogP contribution in [0.4, 0.5) is 13.2 Å². The van der Waals surface area contributed by atoms with E-state index in [-0.39, 0.29) is 11.3 Å². The standard InChI is InChI=1S/C10H9F3N2O/c11-7-1-5(9(14)16)4-15-8(7)6-2-10(12,13)3-6/h1,4,6H,2-3H2,(H2,14,16). The zero-order valence-electron chi connectivity index (χ0n) is 8.21. The lowest BCUT2D eigenvalue weighted by Crippen LogP contribution is -2.34. The molecule has 0 spiro atoms. The average Bonchev–Trinajstić information content (AvgIpc) is 2.13. The second kappa shape index (κ2) is 3.47. The Labute approximate surface area is 89.5 Å². The first-order valence-electron chi connectivity index (χ1n) is 4.72. The maximum absolute atomic E-state index is 13.4. The zero-order chi connectivity index (χ0) is 11.9. The number of amides is 1. The van der Waals surface area contributed by atoms with Crippen molar-refractivity contribution < 1.29 is 18.0 Å². The van der Waals surface area contributed by atoms with Crippen molar-refractivity contribution in [2.45, 2.75) is 24.7 Å². The van der Waals surface area contributed by atoms with E-state index >= 15 is 0 Å². The third-order valence-electron chi connectivity index (χ3n) is 2.63. The van der Waals surface area contributed by atoms with Crippen molar-refractivity contribution in [2.24, 2.45) is 5.73 Å². The van der Waals surface area contributed by atoms with Crippen LogP contribution >= 0.6 is 0 Å². The van der Waals surface area contributed by atoms with Gasteiger partial charge < -0.3 is 5.73 Å². The van der Waals surface area contributed by atoms with Crippen LogP contribution in [0.5, 0.6) is 0 Å². The Hall–Kier alpha value is -1.59. The molecule has 0 aromatic carbocycles. The third-order valence-corrected chi connectivity index (χ3v) is 2.63. The van der Waals surface area contributed by atoms with E-state index in [4.69, 9.17) is 5.73 Å². The third kappa shape index (κ3) is 1.87. The molecule has 86 valence electrons. The van der Waals surface area contributed by atoms with Crippen molar-refractivity contribution in [3.05, 3.63) is 29.3 Å². The molecule has 1 fully saturated rings. The van der Waals surface area contributed by atoms with Crippen molar-refractivity contribution in [1.29, 1.82) is 0 Å². The number of aromatic nitrogens is 1. The molecule has 0 radical (unpaired) electrons. The number of alkyl halides is 2. The molecule has 0 aliphatic heterocycles. The monoisotopic (exact) mass is 230 g/mol. The van der Waals surface area contributed by atoms with Gasteiger partial charge in [0.15, 0.2) is 0 Å². The van der Waals surface area contributed by atoms with Gasteiger partial charge in [0.25, 0.3) is 0 Å². The SMILES string of the molecule is NC(=O)c1cnc(C2CC(F)(F)C2)c(F)c1. The Bertz CT molecular complexity index is 440. The highest BCUT2D eigenvalue weighted by Crippen LogP contribution is 2.48. The lowest BCUT2D eigenvalue weighted by Gasteiger charge is -2.34. The quantitative estimate of drug-likeness (QED) is 0.842. The van der Waals surface area contributed by atoms with Crippen LogP contribution in [0.2, 0.25) is 0 Å². The summed E-state index contributed by atoms with van der Waals surface area (Å²) in [5.74, 6) is -4.84. The van der Waals surface area contributed by atoms with E-state index in [1.807, 2.05) is 0 Å². The molecular weight excluding hydrogens is 221 g/mol. The van der Waals surface area contributed by atoms with Crippen LogP contribution in [0, 0.1) is 5.82 Å². The van der Waals surface area contributed by atoms with Gasteiger partial charge in [0.05, 0.1) is 11.3 Å². The lowest BCUT2D eigenvalue weighted by atomic mass is 9.78. The number of nitrogens with two attached hydrogens (primary N) is 1. The first-order chi connectivity index (χ1) is 7.39. The van der Waals surface area contributed by atoms with Crippen molar-refractivity contribution >= 4 is 5.91 Å². The minimum absolute atomic E-state index is 0.0177. The fourth-order valence-electron chi connectivity index (χ4n) is 1.74. The molecular formula is C10H9F3N2O. The molecule has 1 aromatic heterocycles. The zero-order valence-corrected chi connectivity index (χ0v) is 8.21. The van der Waals surface area contributed by atoms with Gasteiger partial charge in [-0.3, -0.25) is 9.78 Å². The van der Waals surface area contributed by atoms with Gasteiger partial charge in [0, 0.05) is 25.0 Å². The molecule has 1 heterocycles. The van der Waals surface area contributed by atoms with Crippen molar-refractivity contribution in [3.8, 4) is 0 Å². The lowest BCUT2D eigenvalue weighted by molar-refractivity contribution is -0.0882. The number of rotatable bonds is 2. The van der Waals surface area contributed by atoms with Crippen LogP contribution in [0.3, 0.4) is 0 Å². The molecule has 1 aromatic rings. The minimum Gasteiger partial charge on any atom is -0.366 e. The summed E-state index contributed by atoms with van der Waals surface area (Å²) in [4.78, 5) is 14.4. The largest absolute Gasteiger partial charge is 0.366 e. The van der Waals surface area contributed by atoms with Gasteiger partial charge in [-0.05, 0) is 6.07 Å². The van der Waals surface area contributed by atoms with Crippen LogP contribution in [-0.4, -0.2) is 16.8 Å². The molecule has 1 aliphatic rings. The molecule has 2 rings (SSSR count). The summed E-state index contributed by atoms with van der Waals surface area (Å²) in [7, 11) is 0. The summed E-state index contributed by atoms with van der Waals surface area (Å²) >= 11 is 0. The fourth-order valence-corrected chi connectivity index (χ4v) is 1.74. The van der Waals surface area contributed by atoms with E-state index in [0.29, 0.717) is 0 Å². The highest BCUT2D eigenvalue weighted by Gasteiger charge is 2.47. The molecule has 0 bridgehead atoms. The summed E-state index contributed by atoms with van der Waals surface area (Å²) in [5, 5.41) is 0. The van der Waals surface area contributed by atoms with Crippen molar-refractivity contribution in [3.63, 3.8) is 0 Å². The van der Waals surface area contributed by atoms with Gasteiger partial charge in [-0.15, -0.1) is 0 Å². The average molecular weight is 230 g/mol.